The molecule has 28 heavy (non-hydrogen) atoms. The molecular weight excluding hydrogens is 358 g/mol. The van der Waals surface area contributed by atoms with Gasteiger partial charge in [0.2, 0.25) is 0 Å². The van der Waals surface area contributed by atoms with Crippen molar-refractivity contribution >= 4 is 17.6 Å². The summed E-state index contributed by atoms with van der Waals surface area (Å²) in [5.74, 6) is 1.25. The number of pyridine rings is 1. The molecule has 0 fully saturated rings. The summed E-state index contributed by atoms with van der Waals surface area (Å²) >= 11 is 0. The molecule has 0 saturated carbocycles. The van der Waals surface area contributed by atoms with Gasteiger partial charge < -0.3 is 10.1 Å². The minimum atomic E-state index is -0.653. The molecule has 142 valence electrons. The van der Waals surface area contributed by atoms with Gasteiger partial charge in [-0.25, -0.2) is 4.68 Å². The highest BCUT2D eigenvalue weighted by atomic mass is 16.5. The van der Waals surface area contributed by atoms with Gasteiger partial charge in [0.25, 0.3) is 11.8 Å². The summed E-state index contributed by atoms with van der Waals surface area (Å²) in [7, 11) is 1.67. The van der Waals surface area contributed by atoms with Crippen LogP contribution >= 0.6 is 0 Å². The monoisotopic (exact) mass is 377 g/mol. The van der Waals surface area contributed by atoms with E-state index in [4.69, 9.17) is 4.74 Å². The highest BCUT2D eigenvalue weighted by Gasteiger charge is 2.30. The van der Waals surface area contributed by atoms with E-state index in [1.54, 1.807) is 36.1 Å². The molecule has 1 atom stereocenters. The summed E-state index contributed by atoms with van der Waals surface area (Å²) in [4.78, 5) is 31.0. The van der Waals surface area contributed by atoms with Gasteiger partial charge in [0.1, 0.15) is 29.1 Å². The molecule has 8 heteroatoms. The average Bonchev–Trinajstić information content (AvgIpc) is 3.15. The Morgan fingerprint density at radius 1 is 1.14 bits per heavy atom. The van der Waals surface area contributed by atoms with Crippen molar-refractivity contribution in [3.63, 3.8) is 0 Å². The van der Waals surface area contributed by atoms with E-state index in [0.29, 0.717) is 30.3 Å². The van der Waals surface area contributed by atoms with Crippen LogP contribution in [0.1, 0.15) is 16.9 Å². The van der Waals surface area contributed by atoms with Gasteiger partial charge in [-0.05, 0) is 24.6 Å². The molecule has 0 spiro atoms. The van der Waals surface area contributed by atoms with Crippen molar-refractivity contribution in [1.29, 1.82) is 0 Å². The van der Waals surface area contributed by atoms with Gasteiger partial charge in [0.05, 0.1) is 6.20 Å². The number of hydrogen-bond donors (Lipinski definition) is 1. The molecule has 0 aliphatic carbocycles. The lowest BCUT2D eigenvalue weighted by Gasteiger charge is -2.20. The van der Waals surface area contributed by atoms with E-state index in [0.717, 1.165) is 0 Å². The average molecular weight is 377 g/mol. The van der Waals surface area contributed by atoms with E-state index in [1.165, 1.54) is 11.1 Å². The third-order valence-corrected chi connectivity index (χ3v) is 4.54. The number of benzene rings is 1. The maximum absolute atomic E-state index is 12.7. The summed E-state index contributed by atoms with van der Waals surface area (Å²) in [5.41, 5.74) is 0.186. The van der Waals surface area contributed by atoms with Crippen molar-refractivity contribution in [3.8, 4) is 11.5 Å². The first-order chi connectivity index (χ1) is 13.6. The van der Waals surface area contributed by atoms with Crippen LogP contribution in [0.4, 0.5) is 5.82 Å². The molecule has 3 heterocycles. The molecule has 1 aliphatic heterocycles. The Morgan fingerprint density at radius 2 is 1.96 bits per heavy atom. The van der Waals surface area contributed by atoms with Crippen molar-refractivity contribution < 1.29 is 14.3 Å². The Morgan fingerprint density at radius 3 is 2.79 bits per heavy atom. The molecule has 4 rings (SSSR count). The van der Waals surface area contributed by atoms with Crippen LogP contribution in [0.25, 0.3) is 0 Å². The van der Waals surface area contributed by atoms with Crippen LogP contribution in [0.5, 0.6) is 11.5 Å². The van der Waals surface area contributed by atoms with Crippen LogP contribution in [0, 0.1) is 0 Å². The smallest absolute Gasteiger partial charge is 0.270 e. The van der Waals surface area contributed by atoms with Gasteiger partial charge in [-0.3, -0.25) is 19.5 Å². The number of anilines is 1. The fourth-order valence-electron chi connectivity index (χ4n) is 3.09. The topological polar surface area (TPSA) is 89.4 Å². The molecule has 1 unspecified atom stereocenters. The van der Waals surface area contributed by atoms with E-state index < -0.39 is 11.9 Å². The summed E-state index contributed by atoms with van der Waals surface area (Å²) in [5, 5.41) is 6.99. The van der Waals surface area contributed by atoms with E-state index >= 15 is 0 Å². The predicted molar refractivity (Wildman–Crippen MR) is 102 cm³/mol. The Bertz CT molecular complexity index is 1000. The molecule has 1 aliphatic rings. The van der Waals surface area contributed by atoms with Crippen LogP contribution < -0.4 is 15.0 Å². The Balaban J connectivity index is 1.47. The normalized spacial score (nSPS) is 16.2. The van der Waals surface area contributed by atoms with Crippen LogP contribution in [0.15, 0.2) is 60.9 Å². The number of nitrogens with one attached hydrogen (secondary N) is 1. The Hall–Kier alpha value is -3.68. The number of para-hydroxylation sites is 1. The summed E-state index contributed by atoms with van der Waals surface area (Å²) < 4.78 is 7.49. The molecule has 3 aromatic rings. The van der Waals surface area contributed by atoms with E-state index in [1.807, 2.05) is 30.3 Å². The molecule has 0 saturated heterocycles. The van der Waals surface area contributed by atoms with Gasteiger partial charge in [0.15, 0.2) is 0 Å². The molecule has 2 aromatic heterocycles. The number of aryl methyl sites for hydroxylation is 1. The maximum atomic E-state index is 12.7. The number of carbonyl (C=O) groups excluding carboxylic acids is 2. The summed E-state index contributed by atoms with van der Waals surface area (Å²) in [6.45, 7) is 0.536. The minimum absolute atomic E-state index is 0.186. The molecule has 1 N–H and O–H groups in total. The van der Waals surface area contributed by atoms with Gasteiger partial charge >= 0.3 is 0 Å². The van der Waals surface area contributed by atoms with Crippen LogP contribution in [-0.2, 0) is 11.3 Å². The molecule has 2 amide bonds. The zero-order chi connectivity index (χ0) is 19.5. The standard InChI is InChI=1S/C20H19N5O3/c1-24-18-8-11-22-25(18)12-9-16(20(24)27)23-19(26)17-13-15(7-10-21-17)28-14-5-3-2-4-6-14/h2-8,10-11,13,16H,9,12H2,1H3,(H,23,26). The van der Waals surface area contributed by atoms with Gasteiger partial charge in [-0.1, -0.05) is 18.2 Å². The number of rotatable bonds is 4. The van der Waals surface area contributed by atoms with Crippen molar-refractivity contribution in [2.24, 2.45) is 0 Å². The van der Waals surface area contributed by atoms with Crippen molar-refractivity contribution in [1.82, 2.24) is 20.1 Å². The maximum Gasteiger partial charge on any atom is 0.270 e. The second kappa shape index (κ2) is 7.51. The van der Waals surface area contributed by atoms with Crippen molar-refractivity contribution in [2.45, 2.75) is 19.0 Å². The Labute approximate surface area is 161 Å². The van der Waals surface area contributed by atoms with Crippen LogP contribution in [0.3, 0.4) is 0 Å². The van der Waals surface area contributed by atoms with Crippen LogP contribution in [0.2, 0.25) is 0 Å². The third-order valence-electron chi connectivity index (χ3n) is 4.54. The van der Waals surface area contributed by atoms with E-state index in [2.05, 4.69) is 15.4 Å². The molecule has 1 aromatic carbocycles. The lowest BCUT2D eigenvalue weighted by molar-refractivity contribution is -0.120. The first kappa shape index (κ1) is 17.7. The number of carbonyl (C=O) groups is 2. The third kappa shape index (κ3) is 3.57. The van der Waals surface area contributed by atoms with Crippen LogP contribution in [-0.4, -0.2) is 39.7 Å². The molecule has 8 nitrogen and oxygen atoms in total. The van der Waals surface area contributed by atoms with Crippen molar-refractivity contribution in [3.05, 3.63) is 66.6 Å². The zero-order valence-corrected chi connectivity index (χ0v) is 15.3. The van der Waals surface area contributed by atoms with E-state index in [-0.39, 0.29) is 11.6 Å². The summed E-state index contributed by atoms with van der Waals surface area (Å²) in [6, 6.07) is 13.6. The van der Waals surface area contributed by atoms with Gasteiger partial charge in [-0.2, -0.15) is 5.10 Å². The Kier molecular flexibility index (Phi) is 4.76. The first-order valence-electron chi connectivity index (χ1n) is 8.91. The van der Waals surface area contributed by atoms with Gasteiger partial charge in [0, 0.05) is 31.9 Å². The molecule has 0 radical (unpaired) electrons. The lowest BCUT2D eigenvalue weighted by atomic mass is 10.1. The summed E-state index contributed by atoms with van der Waals surface area (Å²) in [6.07, 6.45) is 3.60. The largest absolute Gasteiger partial charge is 0.457 e. The highest BCUT2D eigenvalue weighted by molar-refractivity contribution is 6.01. The SMILES string of the molecule is CN1C(=O)C(NC(=O)c2cc(Oc3ccccc3)ccn2)CCn2nccc21. The number of ether oxygens (including phenoxy) is 1. The number of amides is 2. The molecular formula is C20H19N5O3. The fourth-order valence-corrected chi connectivity index (χ4v) is 3.09. The number of hydrogen-bond acceptors (Lipinski definition) is 5. The second-order valence-corrected chi connectivity index (χ2v) is 6.42. The van der Waals surface area contributed by atoms with Crippen molar-refractivity contribution in [2.75, 3.05) is 11.9 Å². The van der Waals surface area contributed by atoms with E-state index in [9.17, 15) is 9.59 Å². The first-order valence-corrected chi connectivity index (χ1v) is 8.91. The quantitative estimate of drug-likeness (QED) is 0.753. The predicted octanol–water partition coefficient (Wildman–Crippen LogP) is 2.24. The number of likely N-dealkylation sites (N-methyl/N-ethyl adjacent to an activating group) is 1. The number of nitrogens with zero attached hydrogens (tertiary/aromatic N) is 4. The highest BCUT2D eigenvalue weighted by Crippen LogP contribution is 2.22. The number of fused-ring (bicyclic) bond motifs is 1. The number of aromatic nitrogens is 3. The fraction of sp³-hybridized carbons (Fsp3) is 0.200. The lowest BCUT2D eigenvalue weighted by Crippen LogP contribution is -2.46. The van der Waals surface area contributed by atoms with Gasteiger partial charge in [-0.15, -0.1) is 0 Å². The zero-order valence-electron chi connectivity index (χ0n) is 15.3. The molecule has 0 bridgehead atoms. The second-order valence-electron chi connectivity index (χ2n) is 6.42. The minimum Gasteiger partial charge on any atom is -0.457 e.